The Kier molecular flexibility index (Phi) is 6.57. The Bertz CT molecular complexity index is 557. The number of esters is 1. The molecule has 1 rings (SSSR count). The van der Waals surface area contributed by atoms with Gasteiger partial charge in [-0.1, -0.05) is 13.3 Å². The highest BCUT2D eigenvalue weighted by Gasteiger charge is 2.16. The van der Waals surface area contributed by atoms with E-state index >= 15 is 0 Å². The number of pyridine rings is 1. The highest BCUT2D eigenvalue weighted by Crippen LogP contribution is 2.13. The summed E-state index contributed by atoms with van der Waals surface area (Å²) in [6.45, 7) is 2.55. The van der Waals surface area contributed by atoms with Crippen molar-refractivity contribution in [1.82, 2.24) is 9.71 Å². The monoisotopic (exact) mass is 315 g/mol. The predicted molar refractivity (Wildman–Crippen MR) is 79.6 cm³/mol. The number of anilines is 1. The molecule has 0 atom stereocenters. The molecule has 0 aliphatic heterocycles. The zero-order chi connectivity index (χ0) is 15.9. The Balaban J connectivity index is 2.74. The fourth-order valence-electron chi connectivity index (χ4n) is 1.58. The smallest absolute Gasteiger partial charge is 0.320 e. The number of sulfonamides is 1. The standard InChI is InChI=1S/C13H21N3O4S/c1-4-5-8-16(2)12-7-6-11(9-14-12)21(18,19)15-10-13(17)20-3/h6-7,9,15H,4-5,8,10H2,1-3H3. The van der Waals surface area contributed by atoms with E-state index in [1.807, 2.05) is 11.9 Å². The fourth-order valence-corrected chi connectivity index (χ4v) is 2.49. The first-order valence-corrected chi connectivity index (χ1v) is 8.12. The molecule has 1 aromatic heterocycles. The molecule has 1 heterocycles. The van der Waals surface area contributed by atoms with Gasteiger partial charge in [-0.2, -0.15) is 4.72 Å². The number of carbonyl (C=O) groups is 1. The lowest BCUT2D eigenvalue weighted by Gasteiger charge is -2.17. The van der Waals surface area contributed by atoms with E-state index in [1.54, 1.807) is 6.07 Å². The molecule has 0 spiro atoms. The molecule has 21 heavy (non-hydrogen) atoms. The van der Waals surface area contributed by atoms with Crippen LogP contribution in [-0.4, -0.2) is 46.6 Å². The highest BCUT2D eigenvalue weighted by molar-refractivity contribution is 7.89. The number of hydrogen-bond acceptors (Lipinski definition) is 6. The van der Waals surface area contributed by atoms with E-state index in [0.29, 0.717) is 5.82 Å². The van der Waals surface area contributed by atoms with Crippen molar-refractivity contribution in [3.63, 3.8) is 0 Å². The second-order valence-electron chi connectivity index (χ2n) is 4.53. The molecular weight excluding hydrogens is 294 g/mol. The van der Waals surface area contributed by atoms with Gasteiger partial charge in [-0.3, -0.25) is 4.79 Å². The molecular formula is C13H21N3O4S. The molecule has 0 saturated heterocycles. The third-order valence-electron chi connectivity index (χ3n) is 2.90. The lowest BCUT2D eigenvalue weighted by Crippen LogP contribution is -2.30. The largest absolute Gasteiger partial charge is 0.468 e. The Hall–Kier alpha value is -1.67. The minimum atomic E-state index is -3.76. The minimum Gasteiger partial charge on any atom is -0.468 e. The van der Waals surface area contributed by atoms with Crippen molar-refractivity contribution < 1.29 is 17.9 Å². The van der Waals surface area contributed by atoms with Crippen LogP contribution in [-0.2, 0) is 19.6 Å². The number of carbonyl (C=O) groups excluding carboxylic acids is 1. The summed E-state index contributed by atoms with van der Waals surface area (Å²) in [5.74, 6) is 0.0535. The van der Waals surface area contributed by atoms with Crippen molar-refractivity contribution in [2.75, 3.05) is 32.1 Å². The zero-order valence-electron chi connectivity index (χ0n) is 12.5. The number of hydrogen-bond donors (Lipinski definition) is 1. The van der Waals surface area contributed by atoms with E-state index in [9.17, 15) is 13.2 Å². The maximum absolute atomic E-state index is 11.9. The summed E-state index contributed by atoms with van der Waals surface area (Å²) in [6.07, 6.45) is 3.39. The van der Waals surface area contributed by atoms with Crippen LogP contribution in [0.15, 0.2) is 23.2 Å². The van der Waals surface area contributed by atoms with Crippen molar-refractivity contribution in [3.8, 4) is 0 Å². The van der Waals surface area contributed by atoms with Crippen molar-refractivity contribution in [3.05, 3.63) is 18.3 Å². The molecule has 0 radical (unpaired) electrons. The summed E-state index contributed by atoms with van der Waals surface area (Å²) >= 11 is 0. The van der Waals surface area contributed by atoms with Crippen LogP contribution in [0.5, 0.6) is 0 Å². The molecule has 0 saturated carbocycles. The number of unbranched alkanes of at least 4 members (excludes halogenated alkanes) is 1. The molecule has 0 bridgehead atoms. The van der Waals surface area contributed by atoms with Crippen LogP contribution in [0.1, 0.15) is 19.8 Å². The summed E-state index contributed by atoms with van der Waals surface area (Å²) in [5, 5.41) is 0. The summed E-state index contributed by atoms with van der Waals surface area (Å²) in [6, 6.07) is 3.10. The van der Waals surface area contributed by atoms with E-state index in [0.717, 1.165) is 19.4 Å². The quantitative estimate of drug-likeness (QED) is 0.713. The van der Waals surface area contributed by atoms with E-state index in [2.05, 4.69) is 21.4 Å². The molecule has 7 nitrogen and oxygen atoms in total. The fraction of sp³-hybridized carbons (Fsp3) is 0.538. The molecule has 0 amide bonds. The van der Waals surface area contributed by atoms with E-state index in [-0.39, 0.29) is 4.90 Å². The molecule has 0 aromatic carbocycles. The highest BCUT2D eigenvalue weighted by atomic mass is 32.2. The predicted octanol–water partition coefficient (Wildman–Crippen LogP) is 0.769. The normalized spacial score (nSPS) is 11.2. The van der Waals surface area contributed by atoms with Gasteiger partial charge in [-0.05, 0) is 18.6 Å². The Morgan fingerprint density at radius 3 is 2.67 bits per heavy atom. The second kappa shape index (κ2) is 7.94. The van der Waals surface area contributed by atoms with Crippen LogP contribution < -0.4 is 9.62 Å². The van der Waals surface area contributed by atoms with Gasteiger partial charge in [0.05, 0.1) is 7.11 Å². The van der Waals surface area contributed by atoms with Crippen LogP contribution in [0, 0.1) is 0 Å². The topological polar surface area (TPSA) is 88.6 Å². The minimum absolute atomic E-state index is 0.0130. The van der Waals surface area contributed by atoms with E-state index in [4.69, 9.17) is 0 Å². The molecule has 118 valence electrons. The van der Waals surface area contributed by atoms with E-state index < -0.39 is 22.5 Å². The third kappa shape index (κ3) is 5.31. The summed E-state index contributed by atoms with van der Waals surface area (Å²) in [4.78, 5) is 17.1. The van der Waals surface area contributed by atoms with Gasteiger partial charge < -0.3 is 9.64 Å². The van der Waals surface area contributed by atoms with E-state index in [1.165, 1.54) is 19.4 Å². The van der Waals surface area contributed by atoms with Crippen LogP contribution in [0.3, 0.4) is 0 Å². The van der Waals surface area contributed by atoms with Crippen molar-refractivity contribution in [2.45, 2.75) is 24.7 Å². The zero-order valence-corrected chi connectivity index (χ0v) is 13.3. The van der Waals surface area contributed by atoms with Gasteiger partial charge in [0, 0.05) is 19.8 Å². The van der Waals surface area contributed by atoms with Gasteiger partial charge >= 0.3 is 5.97 Å². The number of ether oxygens (including phenoxy) is 1. The van der Waals surface area contributed by atoms with Crippen molar-refractivity contribution in [1.29, 1.82) is 0 Å². The van der Waals surface area contributed by atoms with Gasteiger partial charge in [0.1, 0.15) is 17.3 Å². The molecule has 0 unspecified atom stereocenters. The van der Waals surface area contributed by atoms with Crippen LogP contribution in [0.25, 0.3) is 0 Å². The van der Waals surface area contributed by atoms with Gasteiger partial charge in [-0.25, -0.2) is 13.4 Å². The number of aromatic nitrogens is 1. The Morgan fingerprint density at radius 1 is 1.43 bits per heavy atom. The maximum Gasteiger partial charge on any atom is 0.320 e. The average molecular weight is 315 g/mol. The second-order valence-corrected chi connectivity index (χ2v) is 6.29. The molecule has 0 fully saturated rings. The Labute approximate surface area is 125 Å². The number of nitrogens with zero attached hydrogens (tertiary/aromatic N) is 2. The SMILES string of the molecule is CCCCN(C)c1ccc(S(=O)(=O)NCC(=O)OC)cn1. The molecule has 0 aliphatic rings. The van der Waals surface area contributed by atoms with Crippen molar-refractivity contribution >= 4 is 21.8 Å². The molecule has 1 N–H and O–H groups in total. The third-order valence-corrected chi connectivity index (χ3v) is 4.29. The summed E-state index contributed by atoms with van der Waals surface area (Å²) < 4.78 is 30.4. The molecule has 0 aliphatic carbocycles. The number of methoxy groups -OCH3 is 1. The summed E-state index contributed by atoms with van der Waals surface area (Å²) in [7, 11) is -0.659. The van der Waals surface area contributed by atoms with Crippen LogP contribution in [0.2, 0.25) is 0 Å². The van der Waals surface area contributed by atoms with Gasteiger partial charge in [-0.15, -0.1) is 0 Å². The molecule has 1 aromatic rings. The lowest BCUT2D eigenvalue weighted by atomic mass is 10.3. The first kappa shape index (κ1) is 17.4. The first-order valence-electron chi connectivity index (χ1n) is 6.64. The number of nitrogens with one attached hydrogen (secondary N) is 1. The lowest BCUT2D eigenvalue weighted by molar-refractivity contribution is -0.139. The van der Waals surface area contributed by atoms with Crippen LogP contribution in [0.4, 0.5) is 5.82 Å². The number of rotatable bonds is 8. The first-order chi connectivity index (χ1) is 9.90. The maximum atomic E-state index is 11.9. The van der Waals surface area contributed by atoms with Crippen molar-refractivity contribution in [2.24, 2.45) is 0 Å². The van der Waals surface area contributed by atoms with Gasteiger partial charge in [0.2, 0.25) is 10.0 Å². The van der Waals surface area contributed by atoms with Gasteiger partial charge in [0.25, 0.3) is 0 Å². The Morgan fingerprint density at radius 2 is 2.14 bits per heavy atom. The van der Waals surface area contributed by atoms with Gasteiger partial charge in [0.15, 0.2) is 0 Å². The average Bonchev–Trinajstić information content (AvgIpc) is 2.50. The summed E-state index contributed by atoms with van der Waals surface area (Å²) in [5.41, 5.74) is 0. The van der Waals surface area contributed by atoms with Crippen LogP contribution >= 0.6 is 0 Å². The molecule has 8 heteroatoms.